The predicted molar refractivity (Wildman–Crippen MR) is 115 cm³/mol. The number of cyclic esters (lactones) is 1. The molecule has 10 nitrogen and oxygen atoms in total. The molecule has 1 atom stereocenters. The highest BCUT2D eigenvalue weighted by atomic mass is 19.1. The number of hydrogen-bond acceptors (Lipinski definition) is 7. The molecule has 0 bridgehead atoms. The van der Waals surface area contributed by atoms with Crippen molar-refractivity contribution in [1.82, 2.24) is 10.3 Å². The van der Waals surface area contributed by atoms with Crippen molar-refractivity contribution < 1.29 is 33.7 Å². The molecule has 0 amide bonds. The zero-order valence-electron chi connectivity index (χ0n) is 17.7. The van der Waals surface area contributed by atoms with Crippen molar-refractivity contribution in [2.45, 2.75) is 37.7 Å². The first-order chi connectivity index (χ1) is 15.8. The number of carboxylic acid groups (broad SMARTS) is 2. The lowest BCUT2D eigenvalue weighted by molar-refractivity contribution is -0.156. The molecule has 3 fully saturated rings. The Kier molecular flexibility index (Phi) is 6.32. The van der Waals surface area contributed by atoms with Crippen molar-refractivity contribution in [2.24, 2.45) is 0 Å². The number of benzene rings is 1. The summed E-state index contributed by atoms with van der Waals surface area (Å²) in [6.07, 6.45) is 2.79. The highest BCUT2D eigenvalue weighted by Crippen LogP contribution is 2.48. The summed E-state index contributed by atoms with van der Waals surface area (Å²) in [7, 11) is 0. The summed E-state index contributed by atoms with van der Waals surface area (Å²) < 4.78 is 19.3. The maximum Gasteiger partial charge on any atom is 0.345 e. The zero-order valence-corrected chi connectivity index (χ0v) is 17.7. The molecule has 0 radical (unpaired) electrons. The van der Waals surface area contributed by atoms with Crippen LogP contribution in [0.5, 0.6) is 0 Å². The van der Waals surface area contributed by atoms with Gasteiger partial charge in [-0.25, -0.2) is 14.0 Å². The van der Waals surface area contributed by atoms with E-state index >= 15 is 0 Å². The van der Waals surface area contributed by atoms with E-state index < -0.39 is 35.3 Å². The summed E-state index contributed by atoms with van der Waals surface area (Å²) in [4.78, 5) is 48.9. The number of piperazine rings is 1. The van der Waals surface area contributed by atoms with Crippen LogP contribution in [0.2, 0.25) is 0 Å². The number of aromatic amines is 1. The Hall–Kier alpha value is -3.47. The van der Waals surface area contributed by atoms with E-state index in [1.807, 2.05) is 4.90 Å². The molecule has 11 heteroatoms. The molecule has 3 heterocycles. The van der Waals surface area contributed by atoms with E-state index in [2.05, 4.69) is 15.0 Å². The molecule has 1 unspecified atom stereocenters. The Labute approximate surface area is 187 Å². The van der Waals surface area contributed by atoms with Crippen LogP contribution >= 0.6 is 0 Å². The van der Waals surface area contributed by atoms with Crippen LogP contribution in [0.4, 0.5) is 10.1 Å². The standard InChI is InChI=1S/C17H18FN3O3.C5H6O4/c18-12-7-10-14(20-8-11(16(10)22)17(23)24)13(9-1-2-9)15(12)21-5-3-19-4-6-21;6-4-2-1-3(9-4)5(7)8/h7-9,19H,1-6H2,(H,20,22)(H,23,24);3H,1-2H2,(H,7,8). The minimum atomic E-state index is -1.31. The number of nitrogens with zero attached hydrogens (tertiary/aromatic N) is 1. The number of halogens is 1. The van der Waals surface area contributed by atoms with Gasteiger partial charge in [0.1, 0.15) is 11.4 Å². The number of rotatable bonds is 4. The Bertz CT molecular complexity index is 1170. The number of aromatic carboxylic acids is 1. The van der Waals surface area contributed by atoms with Crippen LogP contribution in [0.25, 0.3) is 10.9 Å². The average Bonchev–Trinajstić information content (AvgIpc) is 3.53. The lowest BCUT2D eigenvalue weighted by Gasteiger charge is -2.32. The largest absolute Gasteiger partial charge is 0.479 e. The van der Waals surface area contributed by atoms with E-state index in [-0.39, 0.29) is 23.3 Å². The van der Waals surface area contributed by atoms with Crippen LogP contribution < -0.4 is 15.6 Å². The number of H-pyrrole nitrogens is 1. The lowest BCUT2D eigenvalue weighted by Crippen LogP contribution is -2.44. The quantitative estimate of drug-likeness (QED) is 0.496. The molecule has 1 aliphatic carbocycles. The van der Waals surface area contributed by atoms with Gasteiger partial charge in [0.25, 0.3) is 0 Å². The minimum Gasteiger partial charge on any atom is -0.479 e. The van der Waals surface area contributed by atoms with Crippen molar-refractivity contribution >= 4 is 34.5 Å². The van der Waals surface area contributed by atoms with Crippen LogP contribution in [0.3, 0.4) is 0 Å². The molecule has 4 N–H and O–H groups in total. The van der Waals surface area contributed by atoms with Gasteiger partial charge >= 0.3 is 17.9 Å². The third kappa shape index (κ3) is 4.68. The van der Waals surface area contributed by atoms with Gasteiger partial charge in [-0.2, -0.15) is 0 Å². The number of carbonyl (C=O) groups is 3. The van der Waals surface area contributed by atoms with E-state index in [9.17, 15) is 23.6 Å². The van der Waals surface area contributed by atoms with E-state index in [0.29, 0.717) is 30.7 Å². The van der Waals surface area contributed by atoms with E-state index in [4.69, 9.17) is 10.2 Å². The summed E-state index contributed by atoms with van der Waals surface area (Å²) in [5.74, 6) is -3.00. The van der Waals surface area contributed by atoms with Gasteiger partial charge in [-0.05, 0) is 24.8 Å². The number of anilines is 1. The smallest absolute Gasteiger partial charge is 0.345 e. The Morgan fingerprint density at radius 1 is 1.12 bits per heavy atom. The Morgan fingerprint density at radius 2 is 1.82 bits per heavy atom. The molecule has 1 aromatic heterocycles. The number of ether oxygens (including phenoxy) is 1. The molecule has 2 aliphatic heterocycles. The molecule has 0 spiro atoms. The highest BCUT2D eigenvalue weighted by Gasteiger charge is 2.33. The second-order valence-corrected chi connectivity index (χ2v) is 8.25. The number of esters is 1. The van der Waals surface area contributed by atoms with Gasteiger partial charge < -0.3 is 30.2 Å². The van der Waals surface area contributed by atoms with Crippen molar-refractivity contribution in [3.8, 4) is 0 Å². The molecular weight excluding hydrogens is 437 g/mol. The van der Waals surface area contributed by atoms with Crippen LogP contribution in [0.15, 0.2) is 17.1 Å². The minimum absolute atomic E-state index is 0.119. The Balaban J connectivity index is 0.000000243. The summed E-state index contributed by atoms with van der Waals surface area (Å²) >= 11 is 0. The second kappa shape index (κ2) is 9.18. The number of carboxylic acids is 2. The number of carbonyl (C=O) groups excluding carboxylic acids is 1. The van der Waals surface area contributed by atoms with Gasteiger partial charge in [-0.3, -0.25) is 9.59 Å². The number of aliphatic carboxylic acids is 1. The van der Waals surface area contributed by atoms with Gasteiger partial charge in [-0.15, -0.1) is 0 Å². The van der Waals surface area contributed by atoms with Crippen LogP contribution in [-0.4, -0.2) is 65.4 Å². The molecule has 2 saturated heterocycles. The molecule has 5 rings (SSSR count). The van der Waals surface area contributed by atoms with Gasteiger partial charge in [-0.1, -0.05) is 0 Å². The predicted octanol–water partition coefficient (Wildman–Crippen LogP) is 1.43. The van der Waals surface area contributed by atoms with Crippen LogP contribution in [0.1, 0.15) is 47.5 Å². The fraction of sp³-hybridized carbons (Fsp3) is 0.455. The molecule has 1 aromatic carbocycles. The fourth-order valence-corrected chi connectivity index (χ4v) is 4.19. The monoisotopic (exact) mass is 461 g/mol. The van der Waals surface area contributed by atoms with Crippen molar-refractivity contribution in [1.29, 1.82) is 0 Å². The van der Waals surface area contributed by atoms with Gasteiger partial charge in [0.05, 0.1) is 11.2 Å². The molecule has 3 aliphatic rings. The molecule has 33 heavy (non-hydrogen) atoms. The van der Waals surface area contributed by atoms with Crippen LogP contribution in [0, 0.1) is 5.82 Å². The molecule has 2 aromatic rings. The lowest BCUT2D eigenvalue weighted by atomic mass is 10.00. The third-order valence-electron chi connectivity index (χ3n) is 5.95. The Morgan fingerprint density at radius 3 is 2.33 bits per heavy atom. The topological polar surface area (TPSA) is 149 Å². The van der Waals surface area contributed by atoms with E-state index in [0.717, 1.165) is 31.5 Å². The first-order valence-electron chi connectivity index (χ1n) is 10.8. The molecular formula is C22H24FN3O7. The SMILES string of the molecule is O=C(O)c1c[nH]c2c(C3CC3)c(N3CCNCC3)c(F)cc2c1=O.O=C1CCC(C(=O)O)O1. The number of aromatic nitrogens is 1. The van der Waals surface area contributed by atoms with E-state index in [1.165, 1.54) is 12.3 Å². The number of nitrogens with one attached hydrogen (secondary N) is 2. The highest BCUT2D eigenvalue weighted by molar-refractivity contribution is 5.95. The molecule has 1 saturated carbocycles. The van der Waals surface area contributed by atoms with E-state index in [1.54, 1.807) is 0 Å². The number of hydrogen-bond donors (Lipinski definition) is 4. The maximum atomic E-state index is 14.9. The van der Waals surface area contributed by atoms with Crippen LogP contribution in [-0.2, 0) is 14.3 Å². The summed E-state index contributed by atoms with van der Waals surface area (Å²) in [5.41, 5.74) is 0.955. The van der Waals surface area contributed by atoms with Crippen molar-refractivity contribution in [3.05, 3.63) is 39.4 Å². The normalized spacial score (nSPS) is 20.2. The fourth-order valence-electron chi connectivity index (χ4n) is 4.19. The number of fused-ring (bicyclic) bond motifs is 1. The van der Waals surface area contributed by atoms with Crippen molar-refractivity contribution in [3.63, 3.8) is 0 Å². The first-order valence-corrected chi connectivity index (χ1v) is 10.8. The van der Waals surface area contributed by atoms with Crippen molar-refractivity contribution in [2.75, 3.05) is 31.1 Å². The maximum absolute atomic E-state index is 14.9. The first kappa shape index (κ1) is 22.7. The molecule has 176 valence electrons. The summed E-state index contributed by atoms with van der Waals surface area (Å²) in [6, 6.07) is 1.18. The third-order valence-corrected chi connectivity index (χ3v) is 5.95. The zero-order chi connectivity index (χ0) is 23.7. The average molecular weight is 461 g/mol. The summed E-state index contributed by atoms with van der Waals surface area (Å²) in [5, 5.41) is 20.7. The van der Waals surface area contributed by atoms with Gasteiger partial charge in [0.2, 0.25) is 5.43 Å². The number of pyridine rings is 1. The summed E-state index contributed by atoms with van der Waals surface area (Å²) in [6.45, 7) is 2.99. The van der Waals surface area contributed by atoms with Gasteiger partial charge in [0, 0.05) is 56.2 Å². The van der Waals surface area contributed by atoms with Gasteiger partial charge in [0.15, 0.2) is 6.10 Å². The second-order valence-electron chi connectivity index (χ2n) is 8.25.